The molecule has 3 unspecified atom stereocenters. The first-order valence-corrected chi connectivity index (χ1v) is 13.2. The highest BCUT2D eigenvalue weighted by Gasteiger charge is 2.40. The van der Waals surface area contributed by atoms with Crippen LogP contribution in [-0.4, -0.2) is 11.0 Å². The number of benzene rings is 2. The van der Waals surface area contributed by atoms with E-state index in [9.17, 15) is 18.2 Å². The van der Waals surface area contributed by atoms with Gasteiger partial charge >= 0.3 is 7.60 Å². The SMILES string of the molecule is CCC(C)OP(=O)(O)C(Cc1ccc(F)c(F)c1)c1sc2ccccc2c1C1CCC1. The molecule has 1 aromatic heterocycles. The summed E-state index contributed by atoms with van der Waals surface area (Å²) in [7, 11) is -4.10. The van der Waals surface area contributed by atoms with Gasteiger partial charge in [0.1, 0.15) is 0 Å². The normalized spacial score (nSPS) is 18.5. The summed E-state index contributed by atoms with van der Waals surface area (Å²) in [5.74, 6) is -1.54. The summed E-state index contributed by atoms with van der Waals surface area (Å²) in [5.41, 5.74) is 0.767. The van der Waals surface area contributed by atoms with E-state index >= 15 is 0 Å². The average molecular weight is 465 g/mol. The Labute approximate surface area is 185 Å². The van der Waals surface area contributed by atoms with E-state index in [2.05, 4.69) is 6.07 Å². The number of fused-ring (bicyclic) bond motifs is 1. The van der Waals surface area contributed by atoms with Crippen LogP contribution in [0.5, 0.6) is 0 Å². The molecule has 31 heavy (non-hydrogen) atoms. The second-order valence-electron chi connectivity index (χ2n) is 8.36. The topological polar surface area (TPSA) is 46.5 Å². The standard InChI is InChI=1S/C24H27F2O3PS/c1-3-15(2)29-30(27,28)21(14-16-11-12-19(25)20(26)13-16)24-23(17-7-6-8-17)18-9-4-5-10-22(18)31-24/h4-5,9-13,15,17,21H,3,6-8,14H2,1-2H3,(H,27,28). The van der Waals surface area contributed by atoms with E-state index < -0.39 is 24.9 Å². The van der Waals surface area contributed by atoms with Crippen LogP contribution in [0.4, 0.5) is 8.78 Å². The van der Waals surface area contributed by atoms with Crippen molar-refractivity contribution < 1.29 is 22.8 Å². The summed E-state index contributed by atoms with van der Waals surface area (Å²) in [4.78, 5) is 11.9. The highest BCUT2D eigenvalue weighted by Crippen LogP contribution is 2.62. The molecular weight excluding hydrogens is 437 g/mol. The fourth-order valence-corrected chi connectivity index (χ4v) is 7.63. The van der Waals surface area contributed by atoms with Gasteiger partial charge in [0.2, 0.25) is 0 Å². The summed E-state index contributed by atoms with van der Waals surface area (Å²) in [6.07, 6.45) is 3.56. The van der Waals surface area contributed by atoms with Crippen molar-refractivity contribution in [2.45, 2.75) is 63.6 Å². The summed E-state index contributed by atoms with van der Waals surface area (Å²) in [6.45, 7) is 3.67. The van der Waals surface area contributed by atoms with Crippen LogP contribution >= 0.6 is 18.9 Å². The van der Waals surface area contributed by atoms with Gasteiger partial charge in [-0.3, -0.25) is 4.57 Å². The van der Waals surface area contributed by atoms with Crippen molar-refractivity contribution >= 4 is 29.0 Å². The number of hydrogen-bond acceptors (Lipinski definition) is 3. The Kier molecular flexibility index (Phi) is 6.64. The molecule has 3 nitrogen and oxygen atoms in total. The molecule has 1 aliphatic carbocycles. The minimum atomic E-state index is -4.10. The second-order valence-corrected chi connectivity index (χ2v) is 11.4. The minimum absolute atomic E-state index is 0.105. The molecule has 166 valence electrons. The van der Waals surface area contributed by atoms with Crippen molar-refractivity contribution in [3.05, 3.63) is 70.1 Å². The highest BCUT2D eigenvalue weighted by molar-refractivity contribution is 7.53. The fourth-order valence-electron chi connectivity index (χ4n) is 4.10. The number of thiophene rings is 1. The third-order valence-electron chi connectivity index (χ3n) is 6.19. The van der Waals surface area contributed by atoms with Crippen molar-refractivity contribution in [3.8, 4) is 0 Å². The number of halogens is 2. The van der Waals surface area contributed by atoms with Crippen molar-refractivity contribution in [2.75, 3.05) is 0 Å². The van der Waals surface area contributed by atoms with E-state index in [1.165, 1.54) is 17.4 Å². The Bertz CT molecular complexity index is 1130. The average Bonchev–Trinajstić information content (AvgIpc) is 3.05. The predicted octanol–water partition coefficient (Wildman–Crippen LogP) is 7.73. The Morgan fingerprint density at radius 2 is 1.94 bits per heavy atom. The molecule has 0 saturated heterocycles. The van der Waals surface area contributed by atoms with Crippen LogP contribution in [0, 0.1) is 11.6 Å². The molecule has 3 aromatic rings. The molecule has 0 amide bonds. The Morgan fingerprint density at radius 1 is 1.19 bits per heavy atom. The molecular formula is C24H27F2O3PS. The van der Waals surface area contributed by atoms with Gasteiger partial charge in [-0.2, -0.15) is 0 Å². The van der Waals surface area contributed by atoms with Crippen molar-refractivity contribution in [1.29, 1.82) is 0 Å². The van der Waals surface area contributed by atoms with E-state index in [-0.39, 0.29) is 12.5 Å². The molecule has 1 aliphatic rings. The summed E-state index contributed by atoms with van der Waals surface area (Å²) in [5, 5.41) is 1.12. The molecule has 1 fully saturated rings. The summed E-state index contributed by atoms with van der Waals surface area (Å²) in [6, 6.07) is 11.7. The van der Waals surface area contributed by atoms with E-state index in [0.29, 0.717) is 17.9 Å². The van der Waals surface area contributed by atoms with Crippen LogP contribution in [0.3, 0.4) is 0 Å². The number of rotatable bonds is 8. The zero-order valence-electron chi connectivity index (χ0n) is 17.7. The lowest BCUT2D eigenvalue weighted by molar-refractivity contribution is 0.179. The van der Waals surface area contributed by atoms with Gasteiger partial charge in [0.15, 0.2) is 11.6 Å². The van der Waals surface area contributed by atoms with Gasteiger partial charge in [0.25, 0.3) is 0 Å². The van der Waals surface area contributed by atoms with Crippen LogP contribution in [0.25, 0.3) is 10.1 Å². The van der Waals surface area contributed by atoms with Crippen LogP contribution in [0.15, 0.2) is 42.5 Å². The molecule has 1 N–H and O–H groups in total. The van der Waals surface area contributed by atoms with Gasteiger partial charge in [0.05, 0.1) is 11.8 Å². The fraction of sp³-hybridized carbons (Fsp3) is 0.417. The van der Waals surface area contributed by atoms with Crippen LogP contribution in [0.1, 0.15) is 67.1 Å². The second kappa shape index (κ2) is 9.11. The summed E-state index contributed by atoms with van der Waals surface area (Å²) >= 11 is 1.52. The first-order valence-electron chi connectivity index (χ1n) is 10.8. The van der Waals surface area contributed by atoms with Gasteiger partial charge in [-0.1, -0.05) is 37.6 Å². The molecule has 7 heteroatoms. The van der Waals surface area contributed by atoms with E-state index in [1.54, 1.807) is 6.92 Å². The first kappa shape index (κ1) is 22.6. The van der Waals surface area contributed by atoms with Gasteiger partial charge in [0, 0.05) is 9.58 Å². The van der Waals surface area contributed by atoms with E-state index in [0.717, 1.165) is 51.9 Å². The van der Waals surface area contributed by atoms with E-state index in [1.807, 2.05) is 25.1 Å². The molecule has 0 aliphatic heterocycles. The quantitative estimate of drug-likeness (QED) is 0.347. The van der Waals surface area contributed by atoms with Gasteiger partial charge < -0.3 is 9.42 Å². The van der Waals surface area contributed by atoms with Crippen LogP contribution < -0.4 is 0 Å². The van der Waals surface area contributed by atoms with Gasteiger partial charge in [-0.05, 0) is 73.2 Å². The Hall–Kier alpha value is -1.59. The van der Waals surface area contributed by atoms with Gasteiger partial charge in [-0.25, -0.2) is 8.78 Å². The molecule has 1 heterocycles. The third-order valence-corrected chi connectivity index (χ3v) is 9.56. The van der Waals surface area contributed by atoms with E-state index in [4.69, 9.17) is 4.52 Å². The molecule has 4 rings (SSSR count). The largest absolute Gasteiger partial charge is 0.336 e. The lowest BCUT2D eigenvalue weighted by atomic mass is 9.78. The highest BCUT2D eigenvalue weighted by atomic mass is 32.1. The summed E-state index contributed by atoms with van der Waals surface area (Å²) < 4.78 is 47.7. The van der Waals surface area contributed by atoms with Crippen molar-refractivity contribution in [3.63, 3.8) is 0 Å². The maximum Gasteiger partial charge on any atom is 0.336 e. The molecule has 0 bridgehead atoms. The smallest absolute Gasteiger partial charge is 0.324 e. The molecule has 2 aromatic carbocycles. The lowest BCUT2D eigenvalue weighted by Crippen LogP contribution is -2.15. The minimum Gasteiger partial charge on any atom is -0.324 e. The predicted molar refractivity (Wildman–Crippen MR) is 122 cm³/mol. The molecule has 0 spiro atoms. The monoisotopic (exact) mass is 464 g/mol. The first-order chi connectivity index (χ1) is 14.8. The molecule has 0 radical (unpaired) electrons. The number of hydrogen-bond donors (Lipinski definition) is 1. The molecule has 1 saturated carbocycles. The third kappa shape index (κ3) is 4.63. The zero-order valence-corrected chi connectivity index (χ0v) is 19.4. The maximum absolute atomic E-state index is 13.9. The Morgan fingerprint density at radius 3 is 2.58 bits per heavy atom. The van der Waals surface area contributed by atoms with Gasteiger partial charge in [-0.15, -0.1) is 11.3 Å². The Balaban J connectivity index is 1.84. The lowest BCUT2D eigenvalue weighted by Gasteiger charge is -2.30. The maximum atomic E-state index is 13.9. The van der Waals surface area contributed by atoms with Crippen molar-refractivity contribution in [2.24, 2.45) is 0 Å². The van der Waals surface area contributed by atoms with Crippen LogP contribution in [-0.2, 0) is 15.5 Å². The zero-order chi connectivity index (χ0) is 22.2. The molecule has 3 atom stereocenters. The van der Waals surface area contributed by atoms with Crippen molar-refractivity contribution in [1.82, 2.24) is 0 Å². The van der Waals surface area contributed by atoms with Crippen LogP contribution in [0.2, 0.25) is 0 Å².